The van der Waals surface area contributed by atoms with E-state index >= 15 is 0 Å². The summed E-state index contributed by atoms with van der Waals surface area (Å²) < 4.78 is 21.0. The Bertz CT molecular complexity index is 944. The third-order valence-electron chi connectivity index (χ3n) is 7.25. The van der Waals surface area contributed by atoms with Crippen LogP contribution in [0.2, 0.25) is 0 Å². The van der Waals surface area contributed by atoms with E-state index in [0.29, 0.717) is 85.0 Å². The molecule has 0 radical (unpaired) electrons. The van der Waals surface area contributed by atoms with Crippen LogP contribution >= 0.6 is 0 Å². The zero-order chi connectivity index (χ0) is 32.0. The van der Waals surface area contributed by atoms with Gasteiger partial charge in [-0.15, -0.1) is 0 Å². The molecular formula is C32H52N4O8. The summed E-state index contributed by atoms with van der Waals surface area (Å²) in [5.41, 5.74) is 0.962. The molecule has 0 saturated carbocycles. The van der Waals surface area contributed by atoms with E-state index in [2.05, 4.69) is 14.7 Å². The molecule has 1 aromatic carbocycles. The summed E-state index contributed by atoms with van der Waals surface area (Å²) in [7, 11) is 0. The monoisotopic (exact) mass is 620 g/mol. The Morgan fingerprint density at radius 3 is 1.36 bits per heavy atom. The van der Waals surface area contributed by atoms with E-state index in [1.54, 1.807) is 20.8 Å². The molecule has 1 aliphatic rings. The maximum atomic E-state index is 12.4. The Morgan fingerprint density at radius 2 is 0.955 bits per heavy atom. The molecule has 248 valence electrons. The average molecular weight is 621 g/mol. The Labute approximate surface area is 262 Å². The van der Waals surface area contributed by atoms with Crippen molar-refractivity contribution in [2.75, 3.05) is 98.4 Å². The number of rotatable bonds is 16. The first-order valence-electron chi connectivity index (χ1n) is 15.9. The number of carbonyl (C=O) groups is 4. The summed E-state index contributed by atoms with van der Waals surface area (Å²) in [4.78, 5) is 57.8. The predicted molar refractivity (Wildman–Crippen MR) is 166 cm³/mol. The first-order valence-corrected chi connectivity index (χ1v) is 15.9. The normalized spacial score (nSPS) is 16.3. The molecule has 2 rings (SSSR count). The second-order valence-corrected chi connectivity index (χ2v) is 10.7. The van der Waals surface area contributed by atoms with Gasteiger partial charge in [0.1, 0.15) is 6.61 Å². The second-order valence-electron chi connectivity index (χ2n) is 10.7. The maximum absolute atomic E-state index is 12.4. The maximum Gasteiger partial charge on any atom is 0.320 e. The van der Waals surface area contributed by atoms with Gasteiger partial charge in [-0.2, -0.15) is 0 Å². The van der Waals surface area contributed by atoms with Crippen LogP contribution in [-0.2, 0) is 44.7 Å². The van der Waals surface area contributed by atoms with Crippen LogP contribution in [0.15, 0.2) is 30.3 Å². The Hall–Kier alpha value is -3.06. The minimum absolute atomic E-state index is 0.133. The van der Waals surface area contributed by atoms with Crippen LogP contribution in [0.5, 0.6) is 0 Å². The van der Waals surface area contributed by atoms with E-state index in [1.165, 1.54) is 0 Å². The Balaban J connectivity index is 2.02. The number of hydrogen-bond donors (Lipinski definition) is 0. The Morgan fingerprint density at radius 1 is 0.545 bits per heavy atom. The minimum Gasteiger partial charge on any atom is -0.465 e. The van der Waals surface area contributed by atoms with Gasteiger partial charge >= 0.3 is 23.9 Å². The van der Waals surface area contributed by atoms with Gasteiger partial charge in [0.05, 0.1) is 39.5 Å². The van der Waals surface area contributed by atoms with E-state index < -0.39 is 0 Å². The molecule has 0 N–H and O–H groups in total. The topological polar surface area (TPSA) is 118 Å². The molecule has 0 aromatic heterocycles. The summed E-state index contributed by atoms with van der Waals surface area (Å²) in [6.45, 7) is 12.7. The molecule has 0 aliphatic carbocycles. The molecular weight excluding hydrogens is 568 g/mol. The molecule has 0 bridgehead atoms. The lowest BCUT2D eigenvalue weighted by Gasteiger charge is -2.33. The van der Waals surface area contributed by atoms with Crippen molar-refractivity contribution in [1.29, 1.82) is 0 Å². The van der Waals surface area contributed by atoms with Gasteiger partial charge in [-0.25, -0.2) is 0 Å². The molecule has 1 saturated heterocycles. The van der Waals surface area contributed by atoms with Gasteiger partial charge in [0.15, 0.2) is 0 Å². The summed E-state index contributed by atoms with van der Waals surface area (Å²) in [5.74, 6) is -1.07. The van der Waals surface area contributed by atoms with Crippen molar-refractivity contribution in [3.63, 3.8) is 0 Å². The molecule has 1 aliphatic heterocycles. The van der Waals surface area contributed by atoms with E-state index in [-0.39, 0.29) is 50.1 Å². The minimum atomic E-state index is -0.302. The molecule has 0 unspecified atom stereocenters. The third kappa shape index (κ3) is 16.7. The molecule has 1 heterocycles. The summed E-state index contributed by atoms with van der Waals surface area (Å²) in [6.07, 6.45) is 1.86. The summed E-state index contributed by atoms with van der Waals surface area (Å²) >= 11 is 0. The summed E-state index contributed by atoms with van der Waals surface area (Å²) in [6, 6.07) is 9.62. The highest BCUT2D eigenvalue weighted by Crippen LogP contribution is 2.07. The highest BCUT2D eigenvalue weighted by molar-refractivity contribution is 5.72. The number of esters is 4. The van der Waals surface area contributed by atoms with E-state index in [4.69, 9.17) is 18.9 Å². The predicted octanol–water partition coefficient (Wildman–Crippen LogP) is 1.81. The SMILES string of the molecule is CCOC(=O)CN1CCN(CCCCC(=O)OCc2ccccc2)CCN(CC(=O)OCC)CCN(CC(=O)OCC)CC1. The highest BCUT2D eigenvalue weighted by Gasteiger charge is 2.21. The average Bonchev–Trinajstić information content (AvgIpc) is 3.00. The van der Waals surface area contributed by atoms with Crippen LogP contribution in [-0.4, -0.2) is 142 Å². The number of carbonyl (C=O) groups excluding carboxylic acids is 4. The first kappa shape index (κ1) is 37.1. The molecule has 0 amide bonds. The third-order valence-corrected chi connectivity index (χ3v) is 7.25. The zero-order valence-corrected chi connectivity index (χ0v) is 26.9. The molecule has 12 nitrogen and oxygen atoms in total. The van der Waals surface area contributed by atoms with Crippen LogP contribution in [0.25, 0.3) is 0 Å². The fraction of sp³-hybridized carbons (Fsp3) is 0.688. The fourth-order valence-electron chi connectivity index (χ4n) is 4.86. The molecule has 1 aromatic rings. The largest absolute Gasteiger partial charge is 0.465 e. The molecule has 12 heteroatoms. The lowest BCUT2D eigenvalue weighted by Crippen LogP contribution is -2.48. The number of hydrogen-bond acceptors (Lipinski definition) is 12. The lowest BCUT2D eigenvalue weighted by atomic mass is 10.2. The summed E-state index contributed by atoms with van der Waals surface area (Å²) in [5, 5.41) is 0. The van der Waals surface area contributed by atoms with Crippen LogP contribution < -0.4 is 0 Å². The fourth-order valence-corrected chi connectivity index (χ4v) is 4.86. The van der Waals surface area contributed by atoms with E-state index in [1.807, 2.05) is 35.2 Å². The lowest BCUT2D eigenvalue weighted by molar-refractivity contribution is -0.146. The number of unbranched alkanes of at least 4 members (excludes halogenated alkanes) is 1. The first-order chi connectivity index (χ1) is 21.3. The molecule has 0 atom stereocenters. The number of ether oxygens (including phenoxy) is 4. The standard InChI is InChI=1S/C32H52N4O8/c1-4-41-30(38)24-34-18-16-33(15-11-10-14-29(37)44-27-28-12-8-7-9-13-28)17-19-35(25-31(39)42-5-2)21-23-36(22-20-34)26-32(40)43-6-3/h7-9,12-13H,4-6,10-11,14-27H2,1-3H3. The zero-order valence-electron chi connectivity index (χ0n) is 26.9. The number of benzene rings is 1. The quantitative estimate of drug-likeness (QED) is 0.152. The van der Waals surface area contributed by atoms with Crippen molar-refractivity contribution in [3.8, 4) is 0 Å². The molecule has 1 fully saturated rings. The van der Waals surface area contributed by atoms with Crippen LogP contribution in [0, 0.1) is 0 Å². The van der Waals surface area contributed by atoms with E-state index in [9.17, 15) is 19.2 Å². The van der Waals surface area contributed by atoms with Crippen molar-refractivity contribution in [1.82, 2.24) is 19.6 Å². The van der Waals surface area contributed by atoms with Gasteiger partial charge in [0.2, 0.25) is 0 Å². The smallest absolute Gasteiger partial charge is 0.320 e. The van der Waals surface area contributed by atoms with Gasteiger partial charge < -0.3 is 23.8 Å². The Kier molecular flexibility index (Phi) is 18.9. The van der Waals surface area contributed by atoms with Crippen LogP contribution in [0.3, 0.4) is 0 Å². The van der Waals surface area contributed by atoms with Crippen LogP contribution in [0.4, 0.5) is 0 Å². The van der Waals surface area contributed by atoms with Crippen molar-refractivity contribution in [2.45, 2.75) is 46.6 Å². The van der Waals surface area contributed by atoms with E-state index in [0.717, 1.165) is 18.5 Å². The van der Waals surface area contributed by atoms with Gasteiger partial charge in [0, 0.05) is 58.8 Å². The second kappa shape index (κ2) is 22.4. The molecule has 0 spiro atoms. The van der Waals surface area contributed by atoms with Gasteiger partial charge in [-0.3, -0.25) is 33.9 Å². The van der Waals surface area contributed by atoms with Crippen molar-refractivity contribution < 1.29 is 38.1 Å². The van der Waals surface area contributed by atoms with Crippen LogP contribution in [0.1, 0.15) is 45.6 Å². The highest BCUT2D eigenvalue weighted by atomic mass is 16.5. The van der Waals surface area contributed by atoms with Gasteiger partial charge in [-0.1, -0.05) is 30.3 Å². The van der Waals surface area contributed by atoms with Crippen molar-refractivity contribution >= 4 is 23.9 Å². The molecule has 44 heavy (non-hydrogen) atoms. The van der Waals surface area contributed by atoms with Crippen molar-refractivity contribution in [3.05, 3.63) is 35.9 Å². The van der Waals surface area contributed by atoms with Gasteiger partial charge in [0.25, 0.3) is 0 Å². The number of nitrogens with zero attached hydrogens (tertiary/aromatic N) is 4. The van der Waals surface area contributed by atoms with Crippen molar-refractivity contribution in [2.24, 2.45) is 0 Å². The van der Waals surface area contributed by atoms with Gasteiger partial charge in [-0.05, 0) is 45.7 Å².